The van der Waals surface area contributed by atoms with Gasteiger partial charge in [0.15, 0.2) is 9.03 Å². The predicted molar refractivity (Wildman–Crippen MR) is 91.4 cm³/mol. The van der Waals surface area contributed by atoms with Crippen LogP contribution in [0.1, 0.15) is 103 Å². The minimum atomic E-state index is -0.331. The molecule has 0 aromatic carbocycles. The van der Waals surface area contributed by atoms with Crippen molar-refractivity contribution in [1.82, 2.24) is 0 Å². The Morgan fingerprint density at radius 2 is 0.950 bits per heavy atom. The van der Waals surface area contributed by atoms with E-state index in [-0.39, 0.29) is 9.03 Å². The van der Waals surface area contributed by atoms with Crippen LogP contribution in [0.3, 0.4) is 0 Å². The first kappa shape index (κ1) is 20.3. The van der Waals surface area contributed by atoms with Gasteiger partial charge >= 0.3 is 0 Å². The molecule has 0 amide bonds. The fourth-order valence-corrected chi connectivity index (χ4v) is 2.83. The largest absolute Gasteiger partial charge is 0.352 e. The van der Waals surface area contributed by atoms with E-state index in [1.165, 1.54) is 89.9 Å². The van der Waals surface area contributed by atoms with Gasteiger partial charge in [0.2, 0.25) is 0 Å². The van der Waals surface area contributed by atoms with Crippen molar-refractivity contribution in [3.05, 3.63) is 0 Å². The lowest BCUT2D eigenvalue weighted by Gasteiger charge is -2.03. The zero-order valence-electron chi connectivity index (χ0n) is 13.7. The van der Waals surface area contributed by atoms with Crippen molar-refractivity contribution in [2.24, 2.45) is 0 Å². The van der Waals surface area contributed by atoms with Gasteiger partial charge in [-0.25, -0.2) is 0 Å². The van der Waals surface area contributed by atoms with Crippen molar-refractivity contribution in [2.75, 3.05) is 6.61 Å². The molecule has 0 radical (unpaired) electrons. The summed E-state index contributed by atoms with van der Waals surface area (Å²) in [6.07, 6.45) is 20.8. The van der Waals surface area contributed by atoms with Crippen LogP contribution < -0.4 is 0 Å². The van der Waals surface area contributed by atoms with Crippen molar-refractivity contribution in [3.63, 3.8) is 0 Å². The molecule has 0 fully saturated rings. The van der Waals surface area contributed by atoms with Gasteiger partial charge in [-0.15, -0.1) is 0 Å². The van der Waals surface area contributed by atoms with E-state index in [9.17, 15) is 0 Å². The van der Waals surface area contributed by atoms with Gasteiger partial charge in [-0.3, -0.25) is 0 Å². The Bertz CT molecular complexity index is 147. The van der Waals surface area contributed by atoms with Crippen LogP contribution in [-0.2, 0) is 4.52 Å². The molecule has 0 heterocycles. The van der Waals surface area contributed by atoms with Crippen molar-refractivity contribution >= 4 is 9.03 Å². The maximum absolute atomic E-state index is 8.49. The van der Waals surface area contributed by atoms with E-state index in [0.29, 0.717) is 0 Å². The molecule has 2 nitrogen and oxygen atoms in total. The zero-order valence-corrected chi connectivity index (χ0v) is 14.7. The molecule has 0 bridgehead atoms. The molecule has 3 heteroatoms. The summed E-state index contributed by atoms with van der Waals surface area (Å²) in [4.78, 5) is 8.49. The zero-order chi connectivity index (χ0) is 14.7. The fourth-order valence-electron chi connectivity index (χ4n) is 2.59. The second kappa shape index (κ2) is 19.4. The first-order valence-electron chi connectivity index (χ1n) is 8.92. The van der Waals surface area contributed by atoms with Gasteiger partial charge in [-0.1, -0.05) is 96.8 Å². The molecule has 0 saturated heterocycles. The molecule has 1 N–H and O–H groups in total. The third-order valence-electron chi connectivity index (χ3n) is 3.91. The quantitative estimate of drug-likeness (QED) is 0.250. The van der Waals surface area contributed by atoms with Crippen LogP contribution in [0.2, 0.25) is 0 Å². The monoisotopic (exact) mass is 304 g/mol. The number of hydrogen-bond donors (Lipinski definition) is 1. The summed E-state index contributed by atoms with van der Waals surface area (Å²) in [5, 5.41) is 0. The van der Waals surface area contributed by atoms with Crippen molar-refractivity contribution in [2.45, 2.75) is 103 Å². The molecule has 0 aliphatic rings. The molecule has 0 aromatic heterocycles. The Hall–Kier alpha value is 0.350. The minimum Gasteiger partial charge on any atom is -0.352 e. The van der Waals surface area contributed by atoms with Crippen molar-refractivity contribution < 1.29 is 9.42 Å². The Balaban J connectivity index is 2.89. The first-order chi connectivity index (χ1) is 9.91. The van der Waals surface area contributed by atoms with Gasteiger partial charge < -0.3 is 9.42 Å². The first-order valence-corrected chi connectivity index (χ1v) is 9.78. The van der Waals surface area contributed by atoms with E-state index in [1.54, 1.807) is 0 Å². The van der Waals surface area contributed by atoms with E-state index in [0.717, 1.165) is 13.0 Å². The summed E-state index contributed by atoms with van der Waals surface area (Å²) >= 11 is 0. The molecule has 122 valence electrons. The second-order valence-electron chi connectivity index (χ2n) is 5.89. The lowest BCUT2D eigenvalue weighted by Crippen LogP contribution is -1.86. The fraction of sp³-hybridized carbons (Fsp3) is 1.00. The maximum atomic E-state index is 8.49. The Labute approximate surface area is 129 Å². The molecular weight excluding hydrogens is 267 g/mol. The summed E-state index contributed by atoms with van der Waals surface area (Å²) in [5.41, 5.74) is 0. The van der Waals surface area contributed by atoms with Crippen LogP contribution >= 0.6 is 9.03 Å². The highest BCUT2D eigenvalue weighted by Gasteiger charge is 1.94. The Morgan fingerprint density at radius 1 is 0.600 bits per heavy atom. The van der Waals surface area contributed by atoms with E-state index in [1.807, 2.05) is 0 Å². The highest BCUT2D eigenvalue weighted by atomic mass is 31.1. The van der Waals surface area contributed by atoms with Crippen LogP contribution in [0, 0.1) is 0 Å². The lowest BCUT2D eigenvalue weighted by molar-refractivity contribution is 0.313. The summed E-state index contributed by atoms with van der Waals surface area (Å²) in [6, 6.07) is 0. The molecule has 0 aromatic rings. The van der Waals surface area contributed by atoms with Crippen LogP contribution in [0.4, 0.5) is 0 Å². The molecule has 1 unspecified atom stereocenters. The van der Waals surface area contributed by atoms with E-state index in [2.05, 4.69) is 6.92 Å². The molecule has 0 spiro atoms. The van der Waals surface area contributed by atoms with E-state index >= 15 is 0 Å². The summed E-state index contributed by atoms with van der Waals surface area (Å²) in [7, 11) is -0.331. The molecule has 1 atom stereocenters. The maximum Gasteiger partial charge on any atom is 0.152 e. The average Bonchev–Trinajstić information content (AvgIpc) is 2.47. The van der Waals surface area contributed by atoms with Gasteiger partial charge in [0.1, 0.15) is 0 Å². The van der Waals surface area contributed by atoms with Gasteiger partial charge in [0.25, 0.3) is 0 Å². The average molecular weight is 304 g/mol. The van der Waals surface area contributed by atoms with Gasteiger partial charge in [-0.05, 0) is 6.42 Å². The number of hydrogen-bond acceptors (Lipinski definition) is 2. The standard InChI is InChI=1S/C17H37O2P/c1-2-3-4-5-6-7-8-9-10-11-12-13-14-15-16-17-19-20-18/h18,20H,2-17H2,1H3. The van der Waals surface area contributed by atoms with Crippen LogP contribution in [-0.4, -0.2) is 11.5 Å². The lowest BCUT2D eigenvalue weighted by atomic mass is 10.0. The highest BCUT2D eigenvalue weighted by molar-refractivity contribution is 7.24. The topological polar surface area (TPSA) is 29.5 Å². The van der Waals surface area contributed by atoms with E-state index < -0.39 is 0 Å². The van der Waals surface area contributed by atoms with E-state index in [4.69, 9.17) is 9.42 Å². The van der Waals surface area contributed by atoms with Gasteiger partial charge in [0.05, 0.1) is 6.61 Å². The summed E-state index contributed by atoms with van der Waals surface area (Å²) in [5.74, 6) is 0. The van der Waals surface area contributed by atoms with Gasteiger partial charge in [-0.2, -0.15) is 0 Å². The molecule has 20 heavy (non-hydrogen) atoms. The Morgan fingerprint density at radius 3 is 1.30 bits per heavy atom. The third kappa shape index (κ3) is 18.4. The summed E-state index contributed by atoms with van der Waals surface area (Å²) < 4.78 is 4.93. The van der Waals surface area contributed by atoms with Crippen LogP contribution in [0.15, 0.2) is 0 Å². The normalized spacial score (nSPS) is 11.7. The molecule has 0 aliphatic heterocycles. The highest BCUT2D eigenvalue weighted by Crippen LogP contribution is 2.13. The molecule has 0 saturated carbocycles. The molecular formula is C17H37O2P. The third-order valence-corrected chi connectivity index (χ3v) is 4.25. The predicted octanol–water partition coefficient (Wildman–Crippen LogP) is 6.38. The number of rotatable bonds is 17. The molecule has 0 rings (SSSR count). The smallest absolute Gasteiger partial charge is 0.152 e. The second-order valence-corrected chi connectivity index (χ2v) is 6.36. The van der Waals surface area contributed by atoms with Crippen molar-refractivity contribution in [3.8, 4) is 0 Å². The van der Waals surface area contributed by atoms with Crippen LogP contribution in [0.5, 0.6) is 0 Å². The SMILES string of the molecule is CCCCCCCCCCCCCCCCCOPO. The van der Waals surface area contributed by atoms with Crippen LogP contribution in [0.25, 0.3) is 0 Å². The summed E-state index contributed by atoms with van der Waals surface area (Å²) in [6.45, 7) is 3.01. The minimum absolute atomic E-state index is 0.331. The Kier molecular flexibility index (Phi) is 19.7. The molecule has 0 aliphatic carbocycles. The van der Waals surface area contributed by atoms with Crippen molar-refractivity contribution in [1.29, 1.82) is 0 Å². The van der Waals surface area contributed by atoms with Gasteiger partial charge in [0, 0.05) is 0 Å². The number of unbranched alkanes of at least 4 members (excludes halogenated alkanes) is 14.